The van der Waals surface area contributed by atoms with E-state index < -0.39 is 17.8 Å². The van der Waals surface area contributed by atoms with Gasteiger partial charge in [0.2, 0.25) is 5.89 Å². The van der Waals surface area contributed by atoms with E-state index >= 15 is 0 Å². The average Bonchev–Trinajstić information content (AvgIpc) is 3.20. The van der Waals surface area contributed by atoms with Crippen LogP contribution in [0.5, 0.6) is 0 Å². The van der Waals surface area contributed by atoms with Gasteiger partial charge in [-0.1, -0.05) is 0 Å². The van der Waals surface area contributed by atoms with Crippen LogP contribution in [0, 0.1) is 12.8 Å². The molecule has 0 unspecified atom stereocenters. The molecule has 35 heavy (non-hydrogen) atoms. The Balaban J connectivity index is 1.44. The zero-order chi connectivity index (χ0) is 25.4. The fourth-order valence-electron chi connectivity index (χ4n) is 3.68. The number of aryl methyl sites for hydroxylation is 1. The molecule has 3 rings (SSSR count). The summed E-state index contributed by atoms with van der Waals surface area (Å²) in [5, 5.41) is 0. The van der Waals surface area contributed by atoms with Crippen molar-refractivity contribution in [3.05, 3.63) is 41.3 Å². The normalized spacial score (nSPS) is 14.7. The Labute approximate surface area is 201 Å². The van der Waals surface area contributed by atoms with Crippen LogP contribution in [0.4, 0.5) is 18.0 Å². The maximum absolute atomic E-state index is 12.7. The lowest BCUT2D eigenvalue weighted by atomic mass is 9.94. The molecule has 2 aromatic rings. The summed E-state index contributed by atoms with van der Waals surface area (Å²) in [5.41, 5.74) is 0.0102. The van der Waals surface area contributed by atoms with Gasteiger partial charge in [-0.3, -0.25) is 4.79 Å². The van der Waals surface area contributed by atoms with Gasteiger partial charge in [0, 0.05) is 31.7 Å². The Morgan fingerprint density at radius 2 is 1.80 bits per heavy atom. The van der Waals surface area contributed by atoms with Gasteiger partial charge in [-0.05, 0) is 56.9 Å². The lowest BCUT2D eigenvalue weighted by Gasteiger charge is -2.30. The largest absolute Gasteiger partial charge is 0.463 e. The summed E-state index contributed by atoms with van der Waals surface area (Å²) in [5.74, 6) is 0.435. The first-order valence-corrected chi connectivity index (χ1v) is 11.5. The maximum atomic E-state index is 12.7. The number of halogens is 3. The second kappa shape index (κ2) is 12.1. The number of piperidine rings is 1. The van der Waals surface area contributed by atoms with Crippen molar-refractivity contribution in [3.8, 4) is 11.5 Å². The number of carbonyl (C=O) groups excluding carboxylic acids is 2. The second-order valence-electron chi connectivity index (χ2n) is 8.20. The molecule has 0 saturated carbocycles. The summed E-state index contributed by atoms with van der Waals surface area (Å²) >= 11 is 0. The van der Waals surface area contributed by atoms with Crippen LogP contribution in [0.15, 0.2) is 28.7 Å². The molecule has 0 spiro atoms. The van der Waals surface area contributed by atoms with Crippen molar-refractivity contribution in [2.45, 2.75) is 45.9 Å². The predicted molar refractivity (Wildman–Crippen MR) is 118 cm³/mol. The molecule has 0 N–H and O–H groups in total. The van der Waals surface area contributed by atoms with Crippen molar-refractivity contribution in [3.63, 3.8) is 0 Å². The molecule has 0 atom stereocenters. The van der Waals surface area contributed by atoms with Gasteiger partial charge in [0.25, 0.3) is 0 Å². The maximum Gasteiger partial charge on any atom is 0.416 e. The molecule has 1 aromatic heterocycles. The molecular weight excluding hydrogens is 469 g/mol. The molecule has 1 fully saturated rings. The van der Waals surface area contributed by atoms with Crippen molar-refractivity contribution in [2.75, 3.05) is 32.9 Å². The number of alkyl halides is 3. The minimum absolute atomic E-state index is 0.124. The minimum atomic E-state index is -4.42. The van der Waals surface area contributed by atoms with Gasteiger partial charge in [-0.25, -0.2) is 9.78 Å². The molecule has 2 heterocycles. The lowest BCUT2D eigenvalue weighted by Crippen LogP contribution is -2.39. The highest BCUT2D eigenvalue weighted by Crippen LogP contribution is 2.31. The number of ether oxygens (including phenoxy) is 3. The SMILES string of the molecule is CCOCCOC(=O)CC1CCN(C(=O)OCc2nc(-c3ccc(C(F)(F)F)cc3)oc2C)CC1. The smallest absolute Gasteiger partial charge is 0.416 e. The molecule has 0 bridgehead atoms. The number of aromatic nitrogens is 1. The number of oxazole rings is 1. The van der Waals surface area contributed by atoms with E-state index in [1.165, 1.54) is 12.1 Å². The zero-order valence-electron chi connectivity index (χ0n) is 19.7. The topological polar surface area (TPSA) is 91.1 Å². The quantitative estimate of drug-likeness (QED) is 0.355. The van der Waals surface area contributed by atoms with Gasteiger partial charge in [0.05, 0.1) is 12.2 Å². The second-order valence-corrected chi connectivity index (χ2v) is 8.20. The van der Waals surface area contributed by atoms with E-state index in [-0.39, 0.29) is 31.0 Å². The van der Waals surface area contributed by atoms with Crippen molar-refractivity contribution >= 4 is 12.1 Å². The van der Waals surface area contributed by atoms with Crippen LogP contribution in [0.25, 0.3) is 11.5 Å². The molecule has 11 heteroatoms. The number of nitrogens with zero attached hydrogens (tertiary/aromatic N) is 2. The fourth-order valence-corrected chi connectivity index (χ4v) is 3.68. The summed E-state index contributed by atoms with van der Waals surface area (Å²) < 4.78 is 59.4. The standard InChI is InChI=1S/C24H29F3N2O6/c1-3-32-12-13-33-21(30)14-17-8-10-29(11-9-17)23(31)34-15-20-16(2)35-22(28-20)18-4-6-19(7-5-18)24(25,26)27/h4-7,17H,3,8-15H2,1-2H3. The van der Waals surface area contributed by atoms with Gasteiger partial charge in [-0.15, -0.1) is 0 Å². The van der Waals surface area contributed by atoms with Crippen LogP contribution in [0.1, 0.15) is 43.2 Å². The molecule has 8 nitrogen and oxygen atoms in total. The van der Waals surface area contributed by atoms with Gasteiger partial charge in [0.15, 0.2) is 0 Å². The third-order valence-corrected chi connectivity index (χ3v) is 5.71. The highest BCUT2D eigenvalue weighted by molar-refractivity contribution is 5.70. The van der Waals surface area contributed by atoms with Gasteiger partial charge >= 0.3 is 18.2 Å². The average molecular weight is 498 g/mol. The van der Waals surface area contributed by atoms with Crippen LogP contribution in [-0.2, 0) is 31.8 Å². The van der Waals surface area contributed by atoms with Gasteiger partial charge in [-0.2, -0.15) is 13.2 Å². The number of benzene rings is 1. The molecule has 1 saturated heterocycles. The van der Waals surface area contributed by atoms with Gasteiger partial charge in [0.1, 0.15) is 24.7 Å². The molecular formula is C24H29F3N2O6. The summed E-state index contributed by atoms with van der Waals surface area (Å²) in [6.45, 7) is 5.50. The van der Waals surface area contributed by atoms with E-state index in [0.717, 1.165) is 12.1 Å². The molecule has 1 aliphatic rings. The van der Waals surface area contributed by atoms with E-state index in [1.807, 2.05) is 6.92 Å². The van der Waals surface area contributed by atoms with Crippen LogP contribution < -0.4 is 0 Å². The Morgan fingerprint density at radius 3 is 2.43 bits per heavy atom. The highest BCUT2D eigenvalue weighted by atomic mass is 19.4. The summed E-state index contributed by atoms with van der Waals surface area (Å²) in [4.78, 5) is 30.2. The van der Waals surface area contributed by atoms with E-state index in [2.05, 4.69) is 4.98 Å². The predicted octanol–water partition coefficient (Wildman–Crippen LogP) is 4.99. The number of rotatable bonds is 9. The molecule has 1 amide bonds. The van der Waals surface area contributed by atoms with Crippen molar-refractivity contribution in [2.24, 2.45) is 5.92 Å². The fraction of sp³-hybridized carbons (Fsp3) is 0.542. The van der Waals surface area contributed by atoms with Crippen molar-refractivity contribution in [1.29, 1.82) is 0 Å². The molecule has 192 valence electrons. The minimum Gasteiger partial charge on any atom is -0.463 e. The lowest BCUT2D eigenvalue weighted by molar-refractivity contribution is -0.146. The Hall–Kier alpha value is -3.08. The Morgan fingerprint density at radius 1 is 1.11 bits per heavy atom. The number of esters is 1. The Bertz CT molecular complexity index is 982. The van der Waals surface area contributed by atoms with E-state index in [4.69, 9.17) is 18.6 Å². The van der Waals surface area contributed by atoms with E-state index in [0.29, 0.717) is 62.6 Å². The number of carbonyl (C=O) groups is 2. The molecule has 0 radical (unpaired) electrons. The van der Waals surface area contributed by atoms with Crippen LogP contribution in [-0.4, -0.2) is 54.9 Å². The number of hydrogen-bond donors (Lipinski definition) is 0. The third kappa shape index (κ3) is 7.71. The van der Waals surface area contributed by atoms with Gasteiger partial charge < -0.3 is 23.5 Å². The summed E-state index contributed by atoms with van der Waals surface area (Å²) in [6, 6.07) is 4.48. The molecule has 0 aliphatic carbocycles. The van der Waals surface area contributed by atoms with Crippen LogP contribution in [0.3, 0.4) is 0 Å². The van der Waals surface area contributed by atoms with Crippen LogP contribution >= 0.6 is 0 Å². The third-order valence-electron chi connectivity index (χ3n) is 5.71. The highest BCUT2D eigenvalue weighted by Gasteiger charge is 2.30. The molecule has 1 aromatic carbocycles. The number of likely N-dealkylation sites (tertiary alicyclic amines) is 1. The number of amides is 1. The Kier molecular flexibility index (Phi) is 9.13. The summed E-state index contributed by atoms with van der Waals surface area (Å²) in [7, 11) is 0. The first-order valence-electron chi connectivity index (χ1n) is 11.5. The molecule has 1 aliphatic heterocycles. The van der Waals surface area contributed by atoms with Crippen molar-refractivity contribution in [1.82, 2.24) is 9.88 Å². The first-order chi connectivity index (χ1) is 16.7. The monoisotopic (exact) mass is 498 g/mol. The number of hydrogen-bond acceptors (Lipinski definition) is 7. The first kappa shape index (κ1) is 26.5. The zero-order valence-corrected chi connectivity index (χ0v) is 19.7. The van der Waals surface area contributed by atoms with E-state index in [1.54, 1.807) is 11.8 Å². The van der Waals surface area contributed by atoms with E-state index in [9.17, 15) is 22.8 Å². The van der Waals surface area contributed by atoms with Crippen LogP contribution in [0.2, 0.25) is 0 Å². The summed E-state index contributed by atoms with van der Waals surface area (Å²) in [6.07, 6.45) is -3.29. The van der Waals surface area contributed by atoms with Crippen molar-refractivity contribution < 1.29 is 41.4 Å².